The zero-order valence-electron chi connectivity index (χ0n) is 17.2. The monoisotopic (exact) mass is 449 g/mol. The third kappa shape index (κ3) is 5.09. The first-order valence-electron chi connectivity index (χ1n) is 9.44. The second-order valence-electron chi connectivity index (χ2n) is 7.57. The molecule has 0 aliphatic rings. The number of pyridine rings is 1. The molecule has 0 saturated heterocycles. The van der Waals surface area contributed by atoms with Crippen molar-refractivity contribution in [2.45, 2.75) is 26.8 Å². The van der Waals surface area contributed by atoms with Crippen LogP contribution >= 0.6 is 11.6 Å². The lowest BCUT2D eigenvalue weighted by molar-refractivity contribution is 0.583. The van der Waals surface area contributed by atoms with Crippen LogP contribution in [0.1, 0.15) is 32.5 Å². The Morgan fingerprint density at radius 3 is 2.60 bits per heavy atom. The minimum absolute atomic E-state index is 0.149. The van der Waals surface area contributed by atoms with E-state index in [4.69, 9.17) is 11.6 Å². The topological polar surface area (TPSA) is 108 Å². The van der Waals surface area contributed by atoms with Crippen LogP contribution < -0.4 is 15.2 Å². The molecule has 0 fully saturated rings. The van der Waals surface area contributed by atoms with Gasteiger partial charge in [-0.05, 0) is 37.1 Å². The van der Waals surface area contributed by atoms with Crippen molar-refractivity contribution < 1.29 is 8.42 Å². The zero-order chi connectivity index (χ0) is 22.1. The van der Waals surface area contributed by atoms with E-state index in [9.17, 15) is 13.2 Å². The second kappa shape index (κ2) is 8.61. The van der Waals surface area contributed by atoms with Crippen molar-refractivity contribution in [1.29, 1.82) is 0 Å². The van der Waals surface area contributed by atoms with Gasteiger partial charge in [0, 0.05) is 23.8 Å². The van der Waals surface area contributed by atoms with Gasteiger partial charge in [-0.3, -0.25) is 9.10 Å². The average molecular weight is 450 g/mol. The van der Waals surface area contributed by atoms with Gasteiger partial charge in [-0.2, -0.15) is 0 Å². The van der Waals surface area contributed by atoms with Gasteiger partial charge in [0.05, 0.1) is 29.0 Å². The van der Waals surface area contributed by atoms with Crippen LogP contribution in [0.4, 0.5) is 11.5 Å². The third-order valence-electron chi connectivity index (χ3n) is 4.42. The van der Waals surface area contributed by atoms with Crippen LogP contribution in [0.25, 0.3) is 11.0 Å². The maximum Gasteiger partial charge on any atom is 0.272 e. The lowest BCUT2D eigenvalue weighted by Gasteiger charge is -2.25. The van der Waals surface area contributed by atoms with Gasteiger partial charge < -0.3 is 10.3 Å². The highest BCUT2D eigenvalue weighted by atomic mass is 35.5. The molecule has 10 heteroatoms. The van der Waals surface area contributed by atoms with Gasteiger partial charge in [-0.15, -0.1) is 0 Å². The summed E-state index contributed by atoms with van der Waals surface area (Å²) in [5.41, 5.74) is 1.63. The van der Waals surface area contributed by atoms with Crippen molar-refractivity contribution >= 4 is 44.2 Å². The third-order valence-corrected chi connectivity index (χ3v) is 5.81. The zero-order valence-corrected chi connectivity index (χ0v) is 18.8. The van der Waals surface area contributed by atoms with E-state index in [1.807, 2.05) is 13.8 Å². The van der Waals surface area contributed by atoms with Crippen molar-refractivity contribution in [3.05, 3.63) is 57.6 Å². The van der Waals surface area contributed by atoms with Gasteiger partial charge >= 0.3 is 0 Å². The summed E-state index contributed by atoms with van der Waals surface area (Å²) < 4.78 is 25.8. The summed E-state index contributed by atoms with van der Waals surface area (Å²) in [4.78, 5) is 24.0. The van der Waals surface area contributed by atoms with Crippen LogP contribution in [0, 0.1) is 5.92 Å². The fraction of sp³-hybridized carbons (Fsp3) is 0.350. The number of aromatic nitrogens is 3. The molecular formula is C20H24ClN5O3S. The highest BCUT2D eigenvalue weighted by Gasteiger charge is 2.20. The summed E-state index contributed by atoms with van der Waals surface area (Å²) in [5, 5.41) is 3.65. The summed E-state index contributed by atoms with van der Waals surface area (Å²) in [5.74, 6) is 0.584. The maximum atomic E-state index is 12.5. The number of sulfonamides is 1. The summed E-state index contributed by atoms with van der Waals surface area (Å²) in [6.45, 7) is 6.03. The molecule has 2 aromatic heterocycles. The lowest BCUT2D eigenvalue weighted by atomic mass is 10.2. The first kappa shape index (κ1) is 22.0. The van der Waals surface area contributed by atoms with Gasteiger partial charge in [-0.25, -0.2) is 18.4 Å². The van der Waals surface area contributed by atoms with Crippen LogP contribution in [-0.4, -0.2) is 36.2 Å². The Morgan fingerprint density at radius 2 is 1.93 bits per heavy atom. The predicted molar refractivity (Wildman–Crippen MR) is 121 cm³/mol. The molecule has 1 aromatic carbocycles. The minimum Gasteiger partial charge on any atom is -0.362 e. The number of benzene rings is 1. The van der Waals surface area contributed by atoms with E-state index in [1.165, 1.54) is 16.8 Å². The molecule has 3 aromatic rings. The Kier molecular flexibility index (Phi) is 6.33. The quantitative estimate of drug-likeness (QED) is 0.570. The largest absolute Gasteiger partial charge is 0.362 e. The molecule has 0 aliphatic carbocycles. The number of halogens is 1. The highest BCUT2D eigenvalue weighted by molar-refractivity contribution is 7.92. The van der Waals surface area contributed by atoms with Gasteiger partial charge in [0.25, 0.3) is 5.56 Å². The molecule has 8 nitrogen and oxygen atoms in total. The average Bonchev–Trinajstić information content (AvgIpc) is 2.65. The van der Waals surface area contributed by atoms with E-state index in [2.05, 4.69) is 20.3 Å². The standard InChI is InChI=1S/C20H24ClN5O3S/c1-12(2)11-26(30(4,28)29)15-7-8-22-18(10-15)23-13(3)19-20(27)25-16-6-5-14(21)9-17(16)24-19/h5-10,12-13H,11H2,1-4H3,(H,22,23)(H,25,27)/t13-/m0/s1. The van der Waals surface area contributed by atoms with Crippen molar-refractivity contribution in [2.24, 2.45) is 5.92 Å². The Hall–Kier alpha value is -2.65. The molecule has 0 bridgehead atoms. The number of hydrogen-bond donors (Lipinski definition) is 2. The summed E-state index contributed by atoms with van der Waals surface area (Å²) in [6.07, 6.45) is 2.70. The van der Waals surface area contributed by atoms with E-state index in [-0.39, 0.29) is 17.2 Å². The molecule has 0 saturated carbocycles. The number of rotatable bonds is 7. The van der Waals surface area contributed by atoms with Crippen LogP contribution in [0.3, 0.4) is 0 Å². The molecule has 1 atom stereocenters. The molecule has 0 unspecified atom stereocenters. The lowest BCUT2D eigenvalue weighted by Crippen LogP contribution is -2.33. The van der Waals surface area contributed by atoms with Crippen LogP contribution in [0.5, 0.6) is 0 Å². The SMILES string of the molecule is CC(C)CN(c1ccnc(N[C@@H](C)c2nc3cc(Cl)ccc3[nH]c2=O)c1)S(C)(=O)=O. The number of anilines is 2. The number of nitrogens with one attached hydrogen (secondary N) is 2. The summed E-state index contributed by atoms with van der Waals surface area (Å²) >= 11 is 6.03. The van der Waals surface area contributed by atoms with Crippen LogP contribution in [0.15, 0.2) is 41.3 Å². The van der Waals surface area contributed by atoms with Gasteiger partial charge in [0.1, 0.15) is 11.5 Å². The van der Waals surface area contributed by atoms with Crippen molar-refractivity contribution in [2.75, 3.05) is 22.4 Å². The normalized spacial score (nSPS) is 12.9. The highest BCUT2D eigenvalue weighted by Crippen LogP contribution is 2.24. The van der Waals surface area contributed by atoms with E-state index in [0.29, 0.717) is 34.1 Å². The first-order chi connectivity index (χ1) is 14.0. The fourth-order valence-corrected chi connectivity index (χ4v) is 4.30. The van der Waals surface area contributed by atoms with Gasteiger partial charge in [0.2, 0.25) is 10.0 Å². The molecular weight excluding hydrogens is 426 g/mol. The molecule has 0 spiro atoms. The maximum absolute atomic E-state index is 12.5. The van der Waals surface area contributed by atoms with E-state index < -0.39 is 16.1 Å². The Balaban J connectivity index is 1.91. The van der Waals surface area contributed by atoms with Crippen molar-refractivity contribution in [3.63, 3.8) is 0 Å². The van der Waals surface area contributed by atoms with Crippen LogP contribution in [-0.2, 0) is 10.0 Å². The van der Waals surface area contributed by atoms with E-state index in [1.54, 1.807) is 37.3 Å². The Morgan fingerprint density at radius 1 is 1.20 bits per heavy atom. The molecule has 0 amide bonds. The van der Waals surface area contributed by atoms with Crippen molar-refractivity contribution in [3.8, 4) is 0 Å². The predicted octanol–water partition coefficient (Wildman–Crippen LogP) is 3.57. The molecule has 0 aliphatic heterocycles. The summed E-state index contributed by atoms with van der Waals surface area (Å²) in [7, 11) is -3.45. The first-order valence-corrected chi connectivity index (χ1v) is 11.7. The molecule has 3 rings (SSSR count). The Labute approximate surface area is 180 Å². The minimum atomic E-state index is -3.45. The van der Waals surface area contributed by atoms with Gasteiger partial charge in [0.15, 0.2) is 0 Å². The number of nitrogens with zero attached hydrogens (tertiary/aromatic N) is 3. The molecule has 2 heterocycles. The van der Waals surface area contributed by atoms with Crippen molar-refractivity contribution in [1.82, 2.24) is 15.0 Å². The fourth-order valence-electron chi connectivity index (χ4n) is 3.07. The smallest absolute Gasteiger partial charge is 0.272 e. The second-order valence-corrected chi connectivity index (χ2v) is 9.91. The number of aromatic amines is 1. The van der Waals surface area contributed by atoms with Gasteiger partial charge in [-0.1, -0.05) is 25.4 Å². The molecule has 2 N–H and O–H groups in total. The van der Waals surface area contributed by atoms with Crippen LogP contribution in [0.2, 0.25) is 5.02 Å². The summed E-state index contributed by atoms with van der Waals surface area (Å²) in [6, 6.07) is 7.87. The molecule has 30 heavy (non-hydrogen) atoms. The number of hydrogen-bond acceptors (Lipinski definition) is 6. The molecule has 0 radical (unpaired) electrons. The Bertz CT molecular complexity index is 1230. The van der Waals surface area contributed by atoms with E-state index >= 15 is 0 Å². The molecule has 160 valence electrons. The number of H-pyrrole nitrogens is 1. The van der Waals surface area contributed by atoms with E-state index in [0.717, 1.165) is 0 Å². The number of fused-ring (bicyclic) bond motifs is 1.